The molecule has 1 aromatic carbocycles. The van der Waals surface area contributed by atoms with Crippen molar-refractivity contribution in [3.63, 3.8) is 0 Å². The van der Waals surface area contributed by atoms with Crippen molar-refractivity contribution >= 4 is 35.5 Å². The van der Waals surface area contributed by atoms with Gasteiger partial charge in [0.25, 0.3) is 0 Å². The highest BCUT2D eigenvalue weighted by molar-refractivity contribution is 6.03. The van der Waals surface area contributed by atoms with Crippen molar-refractivity contribution in [3.8, 4) is 0 Å². The van der Waals surface area contributed by atoms with E-state index in [1.165, 1.54) is 14.0 Å². The smallest absolute Gasteiger partial charge is 0.407 e. The molecule has 1 heterocycles. The van der Waals surface area contributed by atoms with Crippen LogP contribution in [0.5, 0.6) is 0 Å². The number of nitrogens with two attached hydrogens (primary N) is 1. The second-order valence-electron chi connectivity index (χ2n) is 7.82. The van der Waals surface area contributed by atoms with Crippen molar-refractivity contribution in [3.05, 3.63) is 35.4 Å². The average molecular weight is 506 g/mol. The molecule has 1 unspecified atom stereocenters. The van der Waals surface area contributed by atoms with Crippen LogP contribution in [-0.4, -0.2) is 67.9 Å². The van der Waals surface area contributed by atoms with Gasteiger partial charge in [-0.3, -0.25) is 4.79 Å². The molecule has 196 valence electrons. The molecule has 0 radical (unpaired) electrons. The van der Waals surface area contributed by atoms with Crippen molar-refractivity contribution in [1.82, 2.24) is 10.6 Å². The number of oxime groups is 2. The monoisotopic (exact) mass is 505 g/mol. The number of alkyl carbamates (subject to hydrolysis) is 1. The van der Waals surface area contributed by atoms with E-state index < -0.39 is 36.1 Å². The van der Waals surface area contributed by atoms with Crippen LogP contribution in [0.3, 0.4) is 0 Å². The van der Waals surface area contributed by atoms with E-state index in [0.29, 0.717) is 24.1 Å². The van der Waals surface area contributed by atoms with Gasteiger partial charge in [-0.25, -0.2) is 14.4 Å². The predicted molar refractivity (Wildman–Crippen MR) is 128 cm³/mol. The molecule has 2 rings (SSSR count). The van der Waals surface area contributed by atoms with Gasteiger partial charge in [-0.2, -0.15) is 0 Å². The number of carbonyl (C=O) groups is 4. The summed E-state index contributed by atoms with van der Waals surface area (Å²) < 4.78 is 9.65. The number of unbranched alkanes of at least 4 members (excludes halogenated alkanes) is 1. The summed E-state index contributed by atoms with van der Waals surface area (Å²) in [7, 11) is 1.18. The molecule has 2 amide bonds. The topological polar surface area (TPSA) is 180 Å². The maximum Gasteiger partial charge on any atom is 0.407 e. The third-order valence-electron chi connectivity index (χ3n) is 4.94. The van der Waals surface area contributed by atoms with E-state index in [2.05, 4.69) is 30.5 Å². The summed E-state index contributed by atoms with van der Waals surface area (Å²) in [5, 5.41) is 12.5. The molecule has 1 aliphatic heterocycles. The average Bonchev–Trinajstić information content (AvgIpc) is 3.33. The molecule has 0 saturated heterocycles. The first-order chi connectivity index (χ1) is 17.2. The number of benzene rings is 1. The summed E-state index contributed by atoms with van der Waals surface area (Å²) in [6.07, 6.45) is 0.648. The summed E-state index contributed by atoms with van der Waals surface area (Å²) in [6.45, 7) is 3.22. The minimum atomic E-state index is -1.10. The fourth-order valence-corrected chi connectivity index (χ4v) is 3.03. The Morgan fingerprint density at radius 3 is 2.61 bits per heavy atom. The molecule has 0 aliphatic carbocycles. The molecule has 13 heteroatoms. The molecule has 0 bridgehead atoms. The van der Waals surface area contributed by atoms with Gasteiger partial charge in [-0.15, -0.1) is 0 Å². The van der Waals surface area contributed by atoms with Gasteiger partial charge in [0.05, 0.1) is 25.8 Å². The Kier molecular flexibility index (Phi) is 11.1. The number of hydrogen-bond acceptors (Lipinski definition) is 10. The number of amidine groups is 1. The van der Waals surface area contributed by atoms with Gasteiger partial charge in [-0.1, -0.05) is 47.9 Å². The molecular formula is C23H31N5O8. The number of methoxy groups -OCH3 is 1. The molecule has 36 heavy (non-hydrogen) atoms. The summed E-state index contributed by atoms with van der Waals surface area (Å²) in [4.78, 5) is 56.9. The third-order valence-corrected chi connectivity index (χ3v) is 4.94. The molecule has 0 fully saturated rings. The van der Waals surface area contributed by atoms with E-state index in [0.717, 1.165) is 12.0 Å². The summed E-state index contributed by atoms with van der Waals surface area (Å²) in [6, 6.07) is 5.78. The first-order valence-electron chi connectivity index (χ1n) is 11.4. The zero-order valence-electron chi connectivity index (χ0n) is 20.4. The predicted octanol–water partition coefficient (Wildman–Crippen LogP) is 0.937. The van der Waals surface area contributed by atoms with E-state index in [9.17, 15) is 19.2 Å². The van der Waals surface area contributed by atoms with Crippen LogP contribution < -0.4 is 16.4 Å². The number of hydrogen-bond donors (Lipinski definition) is 3. The van der Waals surface area contributed by atoms with Crippen LogP contribution in [0.4, 0.5) is 4.79 Å². The highest BCUT2D eigenvalue weighted by Gasteiger charge is 2.27. The van der Waals surface area contributed by atoms with Gasteiger partial charge in [0, 0.05) is 25.5 Å². The minimum Gasteiger partial charge on any atom is -0.467 e. The SMILES string of the molecule is CCCCOC(=O)N[C@@H](CNC(=O)CC1CC(c2ccc(C(N)=NOC(C)=O)cc2)=NO1)C(=O)OC. The van der Waals surface area contributed by atoms with Gasteiger partial charge in [0.15, 0.2) is 5.84 Å². The summed E-state index contributed by atoms with van der Waals surface area (Å²) in [5.74, 6) is -1.64. The molecule has 2 atom stereocenters. The van der Waals surface area contributed by atoms with E-state index >= 15 is 0 Å². The molecule has 13 nitrogen and oxygen atoms in total. The fourth-order valence-electron chi connectivity index (χ4n) is 3.03. The van der Waals surface area contributed by atoms with Crippen LogP contribution >= 0.6 is 0 Å². The minimum absolute atomic E-state index is 0.0120. The van der Waals surface area contributed by atoms with Crippen LogP contribution in [0, 0.1) is 0 Å². The number of esters is 1. The van der Waals surface area contributed by atoms with Crippen molar-refractivity contribution in [1.29, 1.82) is 0 Å². The summed E-state index contributed by atoms with van der Waals surface area (Å²) in [5.41, 5.74) is 7.72. The fraction of sp³-hybridized carbons (Fsp3) is 0.478. The second-order valence-corrected chi connectivity index (χ2v) is 7.82. The van der Waals surface area contributed by atoms with Gasteiger partial charge >= 0.3 is 18.0 Å². The second kappa shape index (κ2) is 14.3. The molecule has 4 N–H and O–H groups in total. The quantitative estimate of drug-likeness (QED) is 0.0930. The first-order valence-corrected chi connectivity index (χ1v) is 11.4. The Labute approximate surface area is 208 Å². The lowest BCUT2D eigenvalue weighted by atomic mass is 10.0. The lowest BCUT2D eigenvalue weighted by molar-refractivity contribution is -0.143. The van der Waals surface area contributed by atoms with E-state index in [-0.39, 0.29) is 25.4 Å². The highest BCUT2D eigenvalue weighted by atomic mass is 16.7. The van der Waals surface area contributed by atoms with Crippen LogP contribution in [0.2, 0.25) is 0 Å². The maximum absolute atomic E-state index is 12.4. The lowest BCUT2D eigenvalue weighted by Gasteiger charge is -2.17. The Bertz CT molecular complexity index is 993. The number of amides is 2. The number of nitrogens with zero attached hydrogens (tertiary/aromatic N) is 2. The van der Waals surface area contributed by atoms with Crippen LogP contribution in [-0.2, 0) is 33.5 Å². The number of ether oxygens (including phenoxy) is 2. The molecule has 1 aliphatic rings. The molecular weight excluding hydrogens is 474 g/mol. The Morgan fingerprint density at radius 1 is 1.25 bits per heavy atom. The molecule has 0 saturated carbocycles. The van der Waals surface area contributed by atoms with Gasteiger partial charge in [0.1, 0.15) is 12.1 Å². The van der Waals surface area contributed by atoms with Crippen molar-refractivity contribution in [2.45, 2.75) is 51.7 Å². The molecule has 1 aromatic rings. The molecule has 0 aromatic heterocycles. The normalized spacial score (nSPS) is 15.7. The standard InChI is InChI=1S/C23H31N5O8/c1-4-5-10-34-23(32)26-19(22(31)33-3)13-25-20(30)12-17-11-18(27-36-17)15-6-8-16(9-7-15)21(24)28-35-14(2)29/h6-9,17,19H,4-5,10-13H2,1-3H3,(H2,24,28)(H,25,30)(H,26,32)/t17?,19-/m0/s1. The highest BCUT2D eigenvalue weighted by Crippen LogP contribution is 2.19. The maximum atomic E-state index is 12.4. The lowest BCUT2D eigenvalue weighted by Crippen LogP contribution is -2.49. The zero-order valence-corrected chi connectivity index (χ0v) is 20.4. The van der Waals surface area contributed by atoms with Crippen LogP contribution in [0.15, 0.2) is 34.6 Å². The number of nitrogens with one attached hydrogen (secondary N) is 2. The van der Waals surface area contributed by atoms with E-state index in [1.54, 1.807) is 24.3 Å². The zero-order chi connectivity index (χ0) is 26.5. The van der Waals surface area contributed by atoms with Gasteiger partial charge in [0.2, 0.25) is 5.91 Å². The Hall–Kier alpha value is -4.16. The largest absolute Gasteiger partial charge is 0.467 e. The van der Waals surface area contributed by atoms with Crippen LogP contribution in [0.25, 0.3) is 0 Å². The Balaban J connectivity index is 1.83. The van der Waals surface area contributed by atoms with Crippen molar-refractivity contribution < 1.29 is 38.3 Å². The van der Waals surface area contributed by atoms with Crippen molar-refractivity contribution in [2.24, 2.45) is 16.0 Å². The number of rotatable bonds is 12. The third kappa shape index (κ3) is 9.24. The summed E-state index contributed by atoms with van der Waals surface area (Å²) >= 11 is 0. The molecule has 0 spiro atoms. The van der Waals surface area contributed by atoms with Crippen molar-refractivity contribution in [2.75, 3.05) is 20.3 Å². The Morgan fingerprint density at radius 2 is 1.97 bits per heavy atom. The van der Waals surface area contributed by atoms with Gasteiger partial charge < -0.3 is 35.5 Å². The van der Waals surface area contributed by atoms with Gasteiger partial charge in [-0.05, 0) is 12.0 Å². The van der Waals surface area contributed by atoms with E-state index in [1.807, 2.05) is 6.92 Å². The van der Waals surface area contributed by atoms with E-state index in [4.69, 9.17) is 15.3 Å². The first kappa shape index (κ1) is 28.1. The number of carbonyl (C=O) groups excluding carboxylic acids is 4. The van der Waals surface area contributed by atoms with Crippen LogP contribution in [0.1, 0.15) is 50.7 Å².